The van der Waals surface area contributed by atoms with Crippen molar-refractivity contribution < 1.29 is 4.42 Å². The second-order valence-corrected chi connectivity index (χ2v) is 4.02. The normalized spacial score (nSPS) is 15.4. The molecule has 1 aliphatic heterocycles. The standard InChI is InChI=1S/C11H13N5O/c12-9-8(4-3-5-13-9)10-14-15-11(17-10)16-6-1-2-7-16/h3-5H,1-2,6-7H2,(H2,12,13). The molecule has 0 unspecified atom stereocenters. The number of aromatic nitrogens is 3. The zero-order valence-electron chi connectivity index (χ0n) is 9.33. The molecule has 17 heavy (non-hydrogen) atoms. The minimum Gasteiger partial charge on any atom is -0.403 e. The second-order valence-electron chi connectivity index (χ2n) is 4.02. The van der Waals surface area contributed by atoms with Crippen molar-refractivity contribution >= 4 is 11.8 Å². The van der Waals surface area contributed by atoms with Crippen LogP contribution in [0.2, 0.25) is 0 Å². The monoisotopic (exact) mass is 231 g/mol. The van der Waals surface area contributed by atoms with E-state index in [1.165, 1.54) is 12.8 Å². The quantitative estimate of drug-likeness (QED) is 0.839. The van der Waals surface area contributed by atoms with Gasteiger partial charge in [-0.2, -0.15) is 0 Å². The van der Waals surface area contributed by atoms with E-state index in [4.69, 9.17) is 10.2 Å². The second kappa shape index (κ2) is 4.04. The van der Waals surface area contributed by atoms with E-state index in [0.29, 0.717) is 23.3 Å². The summed E-state index contributed by atoms with van der Waals surface area (Å²) in [5.41, 5.74) is 6.45. The maximum atomic E-state index is 5.76. The van der Waals surface area contributed by atoms with Gasteiger partial charge in [0.15, 0.2) is 0 Å². The summed E-state index contributed by atoms with van der Waals surface area (Å²) in [5, 5.41) is 8.06. The molecule has 0 saturated carbocycles. The molecule has 1 saturated heterocycles. The van der Waals surface area contributed by atoms with Crippen LogP contribution in [0.3, 0.4) is 0 Å². The van der Waals surface area contributed by atoms with E-state index >= 15 is 0 Å². The summed E-state index contributed by atoms with van der Waals surface area (Å²) in [6.07, 6.45) is 3.98. The molecule has 1 aliphatic rings. The minimum absolute atomic E-state index is 0.407. The van der Waals surface area contributed by atoms with E-state index in [-0.39, 0.29) is 0 Å². The Bertz CT molecular complexity index is 518. The first kappa shape index (κ1) is 10.1. The third kappa shape index (κ3) is 1.82. The van der Waals surface area contributed by atoms with Gasteiger partial charge in [0.25, 0.3) is 5.89 Å². The zero-order valence-corrected chi connectivity index (χ0v) is 9.33. The molecule has 6 nitrogen and oxygen atoms in total. The summed E-state index contributed by atoms with van der Waals surface area (Å²) in [6, 6.07) is 4.19. The topological polar surface area (TPSA) is 81.1 Å². The van der Waals surface area contributed by atoms with Crippen LogP contribution in [0, 0.1) is 0 Å². The van der Waals surface area contributed by atoms with Crippen LogP contribution in [-0.2, 0) is 0 Å². The molecule has 3 heterocycles. The number of nitrogens with two attached hydrogens (primary N) is 1. The van der Waals surface area contributed by atoms with E-state index < -0.39 is 0 Å². The van der Waals surface area contributed by atoms with Crippen molar-refractivity contribution in [2.24, 2.45) is 0 Å². The van der Waals surface area contributed by atoms with Gasteiger partial charge in [0.1, 0.15) is 5.82 Å². The van der Waals surface area contributed by atoms with Crippen LogP contribution >= 0.6 is 0 Å². The predicted octanol–water partition coefficient (Wildman–Crippen LogP) is 1.31. The number of hydrogen-bond donors (Lipinski definition) is 1. The number of nitrogen functional groups attached to an aromatic ring is 1. The van der Waals surface area contributed by atoms with Gasteiger partial charge >= 0.3 is 6.01 Å². The van der Waals surface area contributed by atoms with Crippen LogP contribution in [0.15, 0.2) is 22.7 Å². The van der Waals surface area contributed by atoms with Crippen molar-refractivity contribution in [1.29, 1.82) is 0 Å². The molecule has 2 aromatic rings. The van der Waals surface area contributed by atoms with Crippen LogP contribution in [0.4, 0.5) is 11.8 Å². The van der Waals surface area contributed by atoms with Gasteiger partial charge in [-0.25, -0.2) is 4.98 Å². The minimum atomic E-state index is 0.407. The van der Waals surface area contributed by atoms with E-state index in [2.05, 4.69) is 20.1 Å². The molecule has 2 aromatic heterocycles. The van der Waals surface area contributed by atoms with Gasteiger partial charge in [0.05, 0.1) is 5.56 Å². The predicted molar refractivity (Wildman–Crippen MR) is 63.4 cm³/mol. The maximum Gasteiger partial charge on any atom is 0.318 e. The molecule has 0 spiro atoms. The van der Waals surface area contributed by atoms with Crippen molar-refractivity contribution in [3.8, 4) is 11.5 Å². The smallest absolute Gasteiger partial charge is 0.318 e. The van der Waals surface area contributed by atoms with Crippen molar-refractivity contribution in [2.45, 2.75) is 12.8 Å². The molecule has 0 atom stereocenters. The number of anilines is 2. The largest absolute Gasteiger partial charge is 0.403 e. The van der Waals surface area contributed by atoms with Crippen molar-refractivity contribution in [3.05, 3.63) is 18.3 Å². The zero-order chi connectivity index (χ0) is 11.7. The van der Waals surface area contributed by atoms with Gasteiger partial charge in [0, 0.05) is 19.3 Å². The van der Waals surface area contributed by atoms with Crippen LogP contribution in [0.5, 0.6) is 0 Å². The SMILES string of the molecule is Nc1ncccc1-c1nnc(N2CCCC2)o1. The fourth-order valence-electron chi connectivity index (χ4n) is 1.96. The Morgan fingerprint density at radius 3 is 2.82 bits per heavy atom. The summed E-state index contributed by atoms with van der Waals surface area (Å²) < 4.78 is 5.62. The Morgan fingerprint density at radius 2 is 2.06 bits per heavy atom. The highest BCUT2D eigenvalue weighted by molar-refractivity contribution is 5.66. The molecule has 0 amide bonds. The molecular weight excluding hydrogens is 218 g/mol. The van der Waals surface area contributed by atoms with Crippen molar-refractivity contribution in [1.82, 2.24) is 15.2 Å². The van der Waals surface area contributed by atoms with Gasteiger partial charge < -0.3 is 15.1 Å². The van der Waals surface area contributed by atoms with Crippen LogP contribution in [0.25, 0.3) is 11.5 Å². The Kier molecular flexibility index (Phi) is 2.40. The summed E-state index contributed by atoms with van der Waals surface area (Å²) >= 11 is 0. The lowest BCUT2D eigenvalue weighted by Crippen LogP contribution is -2.17. The van der Waals surface area contributed by atoms with Gasteiger partial charge in [-0.1, -0.05) is 5.10 Å². The maximum absolute atomic E-state index is 5.76. The summed E-state index contributed by atoms with van der Waals surface area (Å²) in [5.74, 6) is 0.835. The molecular formula is C11H13N5O. The fourth-order valence-corrected chi connectivity index (χ4v) is 1.96. The first-order valence-corrected chi connectivity index (χ1v) is 5.64. The molecule has 88 valence electrons. The lowest BCUT2D eigenvalue weighted by atomic mass is 10.2. The Balaban J connectivity index is 1.92. The number of rotatable bonds is 2. The van der Waals surface area contributed by atoms with Crippen LogP contribution in [-0.4, -0.2) is 28.3 Å². The molecule has 0 aliphatic carbocycles. The first-order valence-electron chi connectivity index (χ1n) is 5.64. The molecule has 0 aromatic carbocycles. The van der Waals surface area contributed by atoms with E-state index in [0.717, 1.165) is 13.1 Å². The number of hydrogen-bond acceptors (Lipinski definition) is 6. The molecule has 3 rings (SSSR count). The Hall–Kier alpha value is -2.11. The van der Waals surface area contributed by atoms with Crippen LogP contribution in [0.1, 0.15) is 12.8 Å². The van der Waals surface area contributed by atoms with E-state index in [1.54, 1.807) is 12.3 Å². The van der Waals surface area contributed by atoms with Crippen molar-refractivity contribution in [3.63, 3.8) is 0 Å². The number of nitrogens with zero attached hydrogens (tertiary/aromatic N) is 4. The van der Waals surface area contributed by atoms with Crippen LogP contribution < -0.4 is 10.6 Å². The average Bonchev–Trinajstić information content (AvgIpc) is 3.00. The first-order chi connectivity index (χ1) is 8.34. The third-order valence-electron chi connectivity index (χ3n) is 2.86. The van der Waals surface area contributed by atoms with Gasteiger partial charge in [-0.3, -0.25) is 0 Å². The van der Waals surface area contributed by atoms with E-state index in [9.17, 15) is 0 Å². The van der Waals surface area contributed by atoms with Gasteiger partial charge in [0.2, 0.25) is 0 Å². The lowest BCUT2D eigenvalue weighted by Gasteiger charge is -2.09. The molecule has 1 fully saturated rings. The molecule has 6 heteroatoms. The van der Waals surface area contributed by atoms with Gasteiger partial charge in [-0.05, 0) is 25.0 Å². The Morgan fingerprint density at radius 1 is 1.24 bits per heavy atom. The number of pyridine rings is 1. The third-order valence-corrected chi connectivity index (χ3v) is 2.86. The highest BCUT2D eigenvalue weighted by Crippen LogP contribution is 2.26. The highest BCUT2D eigenvalue weighted by atomic mass is 16.4. The Labute approximate surface area is 98.5 Å². The fraction of sp³-hybridized carbons (Fsp3) is 0.364. The summed E-state index contributed by atoms with van der Waals surface area (Å²) in [7, 11) is 0. The average molecular weight is 231 g/mol. The van der Waals surface area contributed by atoms with E-state index in [1.807, 2.05) is 6.07 Å². The summed E-state index contributed by atoms with van der Waals surface area (Å²) in [6.45, 7) is 1.95. The lowest BCUT2D eigenvalue weighted by molar-refractivity contribution is 0.557. The molecule has 0 bridgehead atoms. The molecule has 2 N–H and O–H groups in total. The molecule has 0 radical (unpaired) electrons. The van der Waals surface area contributed by atoms with Crippen molar-refractivity contribution in [2.75, 3.05) is 23.7 Å². The summed E-state index contributed by atoms with van der Waals surface area (Å²) in [4.78, 5) is 6.09. The highest BCUT2D eigenvalue weighted by Gasteiger charge is 2.19. The van der Waals surface area contributed by atoms with Gasteiger partial charge in [-0.15, -0.1) is 5.10 Å².